The molecule has 7 nitrogen and oxygen atoms in total. The number of nitrogens with zero attached hydrogens (tertiary/aromatic N) is 2. The highest BCUT2D eigenvalue weighted by Crippen LogP contribution is 2.21. The molecule has 0 saturated carbocycles. The first-order chi connectivity index (χ1) is 11.3. The number of carbonyl (C=O) groups excluding carboxylic acids is 1. The molecule has 0 bridgehead atoms. The number of hydrogen-bond donors (Lipinski definition) is 1. The number of methoxy groups -OCH3 is 1. The van der Waals surface area contributed by atoms with E-state index in [9.17, 15) is 13.2 Å². The van der Waals surface area contributed by atoms with Gasteiger partial charge in [0.25, 0.3) is 0 Å². The van der Waals surface area contributed by atoms with Crippen molar-refractivity contribution in [3.05, 3.63) is 47.6 Å². The molecular formula is C15H16ClN3O4S. The largest absolute Gasteiger partial charge is 0.481 e. The van der Waals surface area contributed by atoms with E-state index in [1.807, 2.05) is 0 Å². The summed E-state index contributed by atoms with van der Waals surface area (Å²) in [5.41, 5.74) is 0.744. The number of benzene rings is 1. The second-order valence-electron chi connectivity index (χ2n) is 4.89. The molecule has 0 atom stereocenters. The summed E-state index contributed by atoms with van der Waals surface area (Å²) in [5, 5.41) is 2.96. The number of sulfonamides is 1. The maximum Gasteiger partial charge on any atom is 0.245 e. The van der Waals surface area contributed by atoms with Crippen LogP contribution in [0.15, 0.2) is 42.6 Å². The number of aromatic nitrogens is 1. The zero-order chi connectivity index (χ0) is 17.7. The van der Waals surface area contributed by atoms with Crippen LogP contribution in [-0.4, -0.2) is 39.2 Å². The van der Waals surface area contributed by atoms with Crippen LogP contribution in [-0.2, 0) is 14.8 Å². The fourth-order valence-corrected chi connectivity index (χ4v) is 2.97. The number of halogens is 1. The number of amides is 1. The van der Waals surface area contributed by atoms with E-state index in [0.29, 0.717) is 22.3 Å². The Morgan fingerprint density at radius 1 is 1.33 bits per heavy atom. The van der Waals surface area contributed by atoms with E-state index in [-0.39, 0.29) is 6.54 Å². The summed E-state index contributed by atoms with van der Waals surface area (Å²) in [7, 11) is -2.17. The summed E-state index contributed by atoms with van der Waals surface area (Å²) in [6.45, 7) is -0.384. The van der Waals surface area contributed by atoms with Crippen LogP contribution < -0.4 is 14.4 Å². The predicted octanol–water partition coefficient (Wildman–Crippen LogP) is 2.15. The number of anilines is 2. The van der Waals surface area contributed by atoms with Crippen LogP contribution in [0, 0.1) is 0 Å². The Hall–Kier alpha value is -2.32. The smallest absolute Gasteiger partial charge is 0.245 e. The number of carbonyl (C=O) groups is 1. The van der Waals surface area contributed by atoms with Crippen LogP contribution in [0.3, 0.4) is 0 Å². The van der Waals surface area contributed by atoms with E-state index < -0.39 is 15.9 Å². The molecule has 0 radical (unpaired) electrons. The average Bonchev–Trinajstić information content (AvgIpc) is 2.52. The minimum atomic E-state index is -3.65. The molecule has 0 aliphatic rings. The van der Waals surface area contributed by atoms with Crippen LogP contribution in [0.2, 0.25) is 5.02 Å². The second kappa shape index (κ2) is 7.50. The van der Waals surface area contributed by atoms with Crippen molar-refractivity contribution >= 4 is 38.9 Å². The Balaban J connectivity index is 2.15. The summed E-state index contributed by atoms with van der Waals surface area (Å²) in [4.78, 5) is 16.1. The van der Waals surface area contributed by atoms with Gasteiger partial charge in [-0.2, -0.15) is 0 Å². The average molecular weight is 370 g/mol. The molecule has 0 unspecified atom stereocenters. The summed E-state index contributed by atoms with van der Waals surface area (Å²) in [6.07, 6.45) is 2.44. The lowest BCUT2D eigenvalue weighted by molar-refractivity contribution is -0.114. The summed E-state index contributed by atoms with van der Waals surface area (Å²) in [6, 6.07) is 9.46. The van der Waals surface area contributed by atoms with Crippen molar-refractivity contribution in [2.24, 2.45) is 0 Å². The molecule has 1 N–H and O–H groups in total. The van der Waals surface area contributed by atoms with Gasteiger partial charge in [0, 0.05) is 11.1 Å². The first-order valence-corrected chi connectivity index (χ1v) is 9.05. The summed E-state index contributed by atoms with van der Waals surface area (Å²) >= 11 is 5.89. The third kappa shape index (κ3) is 4.84. The SMILES string of the molecule is COc1ccc(NC(=O)CN(c2cccc(Cl)c2)S(C)(=O)=O)cn1. The van der Waals surface area contributed by atoms with Crippen LogP contribution in [0.25, 0.3) is 0 Å². The number of rotatable bonds is 6. The Bertz CT molecular complexity index is 825. The first-order valence-electron chi connectivity index (χ1n) is 6.83. The van der Waals surface area contributed by atoms with Gasteiger partial charge in [0.15, 0.2) is 0 Å². The lowest BCUT2D eigenvalue weighted by Gasteiger charge is -2.22. The van der Waals surface area contributed by atoms with Gasteiger partial charge in [-0.15, -0.1) is 0 Å². The van der Waals surface area contributed by atoms with Gasteiger partial charge in [0.1, 0.15) is 6.54 Å². The Kier molecular flexibility index (Phi) is 5.63. The van der Waals surface area contributed by atoms with Gasteiger partial charge in [0.2, 0.25) is 21.8 Å². The molecule has 0 spiro atoms. The Morgan fingerprint density at radius 2 is 2.08 bits per heavy atom. The van der Waals surface area contributed by atoms with Crippen LogP contribution in [0.1, 0.15) is 0 Å². The van der Waals surface area contributed by atoms with Gasteiger partial charge in [-0.1, -0.05) is 17.7 Å². The molecule has 2 rings (SSSR count). The van der Waals surface area contributed by atoms with Gasteiger partial charge in [-0.3, -0.25) is 9.10 Å². The zero-order valence-corrected chi connectivity index (χ0v) is 14.6. The Labute approximate surface area is 145 Å². The van der Waals surface area contributed by atoms with Crippen molar-refractivity contribution in [3.8, 4) is 5.88 Å². The topological polar surface area (TPSA) is 88.6 Å². The van der Waals surface area contributed by atoms with Crippen LogP contribution in [0.5, 0.6) is 5.88 Å². The molecule has 1 aromatic carbocycles. The van der Waals surface area contributed by atoms with E-state index in [0.717, 1.165) is 10.6 Å². The summed E-state index contributed by atoms with van der Waals surface area (Å²) in [5.74, 6) is -0.0999. The van der Waals surface area contributed by atoms with Crippen molar-refractivity contribution in [1.29, 1.82) is 0 Å². The lowest BCUT2D eigenvalue weighted by atomic mass is 10.3. The molecule has 1 heterocycles. The van der Waals surface area contributed by atoms with Crippen molar-refractivity contribution in [2.75, 3.05) is 29.5 Å². The standard InChI is InChI=1S/C15H16ClN3O4S/c1-23-15-7-6-12(9-17-15)18-14(20)10-19(24(2,21)22)13-5-3-4-11(16)8-13/h3-9H,10H2,1-2H3,(H,18,20). The van der Waals surface area contributed by atoms with E-state index in [4.69, 9.17) is 16.3 Å². The maximum absolute atomic E-state index is 12.2. The van der Waals surface area contributed by atoms with Gasteiger partial charge in [-0.25, -0.2) is 13.4 Å². The molecule has 128 valence electrons. The molecular weight excluding hydrogens is 354 g/mol. The van der Waals surface area contributed by atoms with Gasteiger partial charge in [-0.05, 0) is 24.3 Å². The zero-order valence-electron chi connectivity index (χ0n) is 13.1. The molecule has 1 aromatic heterocycles. The minimum Gasteiger partial charge on any atom is -0.481 e. The van der Waals surface area contributed by atoms with E-state index in [1.54, 1.807) is 30.3 Å². The fourth-order valence-electron chi connectivity index (χ4n) is 1.94. The highest BCUT2D eigenvalue weighted by molar-refractivity contribution is 7.92. The van der Waals surface area contributed by atoms with Crippen molar-refractivity contribution in [3.63, 3.8) is 0 Å². The quantitative estimate of drug-likeness (QED) is 0.842. The molecule has 0 fully saturated rings. The molecule has 9 heteroatoms. The highest BCUT2D eigenvalue weighted by atomic mass is 35.5. The minimum absolute atomic E-state index is 0.313. The van der Waals surface area contributed by atoms with Crippen molar-refractivity contribution < 1.29 is 17.9 Å². The van der Waals surface area contributed by atoms with Gasteiger partial charge < -0.3 is 10.1 Å². The lowest BCUT2D eigenvalue weighted by Crippen LogP contribution is -2.37. The normalized spacial score (nSPS) is 11.0. The van der Waals surface area contributed by atoms with E-state index >= 15 is 0 Å². The fraction of sp³-hybridized carbons (Fsp3) is 0.200. The number of nitrogens with one attached hydrogen (secondary N) is 1. The van der Waals surface area contributed by atoms with Crippen LogP contribution in [0.4, 0.5) is 11.4 Å². The number of hydrogen-bond acceptors (Lipinski definition) is 5. The molecule has 0 aliphatic carbocycles. The second-order valence-corrected chi connectivity index (χ2v) is 7.23. The molecule has 2 aromatic rings. The van der Waals surface area contributed by atoms with Gasteiger partial charge in [0.05, 0.1) is 30.9 Å². The molecule has 24 heavy (non-hydrogen) atoms. The summed E-state index contributed by atoms with van der Waals surface area (Å²) < 4.78 is 29.9. The maximum atomic E-state index is 12.2. The third-order valence-electron chi connectivity index (χ3n) is 3.01. The van der Waals surface area contributed by atoms with E-state index in [1.165, 1.54) is 19.4 Å². The highest BCUT2D eigenvalue weighted by Gasteiger charge is 2.21. The van der Waals surface area contributed by atoms with Crippen LogP contribution >= 0.6 is 11.6 Å². The molecule has 1 amide bonds. The van der Waals surface area contributed by atoms with Crippen molar-refractivity contribution in [1.82, 2.24) is 4.98 Å². The Morgan fingerprint density at radius 3 is 2.62 bits per heavy atom. The molecule has 0 saturated heterocycles. The monoisotopic (exact) mass is 369 g/mol. The number of pyridine rings is 1. The third-order valence-corrected chi connectivity index (χ3v) is 4.39. The van der Waals surface area contributed by atoms with E-state index in [2.05, 4.69) is 10.3 Å². The number of ether oxygens (including phenoxy) is 1. The molecule has 0 aliphatic heterocycles. The predicted molar refractivity (Wildman–Crippen MR) is 93.1 cm³/mol. The first kappa shape index (κ1) is 18.0. The van der Waals surface area contributed by atoms with Crippen molar-refractivity contribution in [2.45, 2.75) is 0 Å². The van der Waals surface area contributed by atoms with Gasteiger partial charge >= 0.3 is 0 Å².